The van der Waals surface area contributed by atoms with E-state index in [1.54, 1.807) is 0 Å². The van der Waals surface area contributed by atoms with Crippen molar-refractivity contribution in [1.82, 2.24) is 15.2 Å². The molecule has 4 rings (SSSR count). The quantitative estimate of drug-likeness (QED) is 0.762. The maximum Gasteiger partial charge on any atom is 0.418 e. The van der Waals surface area contributed by atoms with Crippen molar-refractivity contribution in [1.29, 1.82) is 0 Å². The summed E-state index contributed by atoms with van der Waals surface area (Å²) >= 11 is 0. The van der Waals surface area contributed by atoms with Gasteiger partial charge in [-0.15, -0.1) is 0 Å². The fourth-order valence-corrected chi connectivity index (χ4v) is 2.90. The standard InChI is InChI=1S/C19H19F3N4O3/c20-19(21,22)13-3-1-2-4-14(13)25-18(28)26(12-7-8-12)9-16-24-15(10-29-16)17(27)23-11-5-6-11/h1-4,10-12H,5-9H2,(H,23,27)(H,25,28). The molecule has 0 spiro atoms. The van der Waals surface area contributed by atoms with Crippen LogP contribution in [0.5, 0.6) is 0 Å². The third-order valence-electron chi connectivity index (χ3n) is 4.73. The van der Waals surface area contributed by atoms with Crippen molar-refractivity contribution in [3.8, 4) is 0 Å². The lowest BCUT2D eigenvalue weighted by Crippen LogP contribution is -2.37. The van der Waals surface area contributed by atoms with E-state index in [2.05, 4.69) is 15.6 Å². The van der Waals surface area contributed by atoms with Gasteiger partial charge >= 0.3 is 12.2 Å². The number of hydrogen-bond acceptors (Lipinski definition) is 4. The second-order valence-corrected chi connectivity index (χ2v) is 7.21. The molecule has 7 nitrogen and oxygen atoms in total. The van der Waals surface area contributed by atoms with Gasteiger partial charge in [-0.2, -0.15) is 13.2 Å². The third-order valence-corrected chi connectivity index (χ3v) is 4.73. The van der Waals surface area contributed by atoms with E-state index in [4.69, 9.17) is 4.42 Å². The Bertz CT molecular complexity index is 919. The molecule has 154 valence electrons. The van der Waals surface area contributed by atoms with Crippen molar-refractivity contribution >= 4 is 17.6 Å². The number of nitrogens with zero attached hydrogens (tertiary/aromatic N) is 2. The zero-order valence-corrected chi connectivity index (χ0v) is 15.3. The summed E-state index contributed by atoms with van der Waals surface area (Å²) in [7, 11) is 0. The number of anilines is 1. The van der Waals surface area contributed by atoms with Crippen LogP contribution >= 0.6 is 0 Å². The van der Waals surface area contributed by atoms with Crippen LogP contribution in [0.25, 0.3) is 0 Å². The van der Waals surface area contributed by atoms with Gasteiger partial charge in [0.2, 0.25) is 5.89 Å². The number of aromatic nitrogens is 1. The molecule has 0 unspecified atom stereocenters. The molecule has 2 N–H and O–H groups in total. The van der Waals surface area contributed by atoms with Gasteiger partial charge in [-0.3, -0.25) is 4.79 Å². The number of oxazole rings is 1. The molecule has 1 aromatic heterocycles. The van der Waals surface area contributed by atoms with Crippen molar-refractivity contribution in [3.63, 3.8) is 0 Å². The van der Waals surface area contributed by atoms with Crippen LogP contribution in [0, 0.1) is 0 Å². The Balaban J connectivity index is 1.45. The lowest BCUT2D eigenvalue weighted by molar-refractivity contribution is -0.136. The Labute approximate surface area is 164 Å². The summed E-state index contributed by atoms with van der Waals surface area (Å²) in [4.78, 5) is 30.2. The molecule has 2 fully saturated rings. The molecule has 2 saturated carbocycles. The van der Waals surface area contributed by atoms with Crippen LogP contribution in [0.1, 0.15) is 47.6 Å². The van der Waals surface area contributed by atoms with Gasteiger partial charge in [0.1, 0.15) is 6.26 Å². The first-order chi connectivity index (χ1) is 13.8. The van der Waals surface area contributed by atoms with E-state index < -0.39 is 17.8 Å². The van der Waals surface area contributed by atoms with Crippen LogP contribution < -0.4 is 10.6 Å². The van der Waals surface area contributed by atoms with Crippen molar-refractivity contribution in [3.05, 3.63) is 47.7 Å². The first-order valence-electron chi connectivity index (χ1n) is 9.30. The lowest BCUT2D eigenvalue weighted by Gasteiger charge is -2.22. The molecule has 2 aliphatic rings. The summed E-state index contributed by atoms with van der Waals surface area (Å²) in [6, 6.07) is 4.19. The Morgan fingerprint density at radius 3 is 2.55 bits per heavy atom. The van der Waals surface area contributed by atoms with Gasteiger partial charge < -0.3 is 20.0 Å². The number of amides is 3. The number of rotatable bonds is 6. The number of hydrogen-bond donors (Lipinski definition) is 2. The van der Waals surface area contributed by atoms with Gasteiger partial charge in [-0.25, -0.2) is 9.78 Å². The maximum absolute atomic E-state index is 13.2. The van der Waals surface area contributed by atoms with E-state index in [1.807, 2.05) is 0 Å². The highest BCUT2D eigenvalue weighted by atomic mass is 19.4. The van der Waals surface area contributed by atoms with Crippen LogP contribution in [0.2, 0.25) is 0 Å². The average Bonchev–Trinajstić information content (AvgIpc) is 3.59. The minimum absolute atomic E-state index is 0.0403. The zero-order valence-electron chi connectivity index (χ0n) is 15.3. The monoisotopic (exact) mass is 408 g/mol. The highest BCUT2D eigenvalue weighted by Crippen LogP contribution is 2.35. The van der Waals surface area contributed by atoms with E-state index in [1.165, 1.54) is 29.4 Å². The molecular formula is C19H19F3N4O3. The molecule has 1 aromatic carbocycles. The molecular weight excluding hydrogens is 389 g/mol. The van der Waals surface area contributed by atoms with Gasteiger partial charge in [-0.1, -0.05) is 12.1 Å². The number of urea groups is 1. The first kappa shape index (κ1) is 19.3. The number of nitrogens with one attached hydrogen (secondary N) is 2. The summed E-state index contributed by atoms with van der Waals surface area (Å²) in [6.07, 6.45) is -0.0131. The number of carbonyl (C=O) groups excluding carboxylic acids is 2. The average molecular weight is 408 g/mol. The Morgan fingerprint density at radius 1 is 1.17 bits per heavy atom. The van der Waals surface area contributed by atoms with Crippen LogP contribution in [0.15, 0.2) is 34.9 Å². The zero-order chi connectivity index (χ0) is 20.6. The molecule has 3 amide bonds. The molecule has 1 heterocycles. The number of alkyl halides is 3. The molecule has 0 bridgehead atoms. The highest BCUT2D eigenvalue weighted by molar-refractivity contribution is 5.92. The van der Waals surface area contributed by atoms with Crippen molar-refractivity contribution in [2.24, 2.45) is 0 Å². The summed E-state index contributed by atoms with van der Waals surface area (Å²) in [6.45, 7) is -0.0403. The third kappa shape index (κ3) is 4.69. The minimum Gasteiger partial charge on any atom is -0.446 e. The van der Waals surface area contributed by atoms with E-state index >= 15 is 0 Å². The molecule has 0 radical (unpaired) electrons. The largest absolute Gasteiger partial charge is 0.446 e. The second kappa shape index (κ2) is 7.41. The molecule has 29 heavy (non-hydrogen) atoms. The molecule has 2 aromatic rings. The van der Waals surface area contributed by atoms with Crippen LogP contribution in [-0.4, -0.2) is 33.9 Å². The first-order valence-corrected chi connectivity index (χ1v) is 9.30. The summed E-state index contributed by atoms with van der Waals surface area (Å²) in [5.74, 6) is -0.193. The maximum atomic E-state index is 13.2. The minimum atomic E-state index is -4.58. The second-order valence-electron chi connectivity index (χ2n) is 7.21. The van der Waals surface area contributed by atoms with Crippen LogP contribution in [-0.2, 0) is 12.7 Å². The van der Waals surface area contributed by atoms with Gasteiger partial charge in [0.05, 0.1) is 17.8 Å². The Morgan fingerprint density at radius 2 is 1.90 bits per heavy atom. The molecule has 2 aliphatic carbocycles. The van der Waals surface area contributed by atoms with E-state index in [0.29, 0.717) is 0 Å². The summed E-state index contributed by atoms with van der Waals surface area (Å²) in [5.41, 5.74) is -1.11. The highest BCUT2D eigenvalue weighted by Gasteiger charge is 2.37. The SMILES string of the molecule is O=C(NC1CC1)c1coc(CN(C(=O)Nc2ccccc2C(F)(F)F)C2CC2)n1. The van der Waals surface area contributed by atoms with Gasteiger partial charge in [0, 0.05) is 12.1 Å². The van der Waals surface area contributed by atoms with E-state index in [-0.39, 0.29) is 41.8 Å². The van der Waals surface area contributed by atoms with Gasteiger partial charge in [-0.05, 0) is 37.8 Å². The van der Waals surface area contributed by atoms with Crippen molar-refractivity contribution < 1.29 is 27.2 Å². The fourth-order valence-electron chi connectivity index (χ4n) is 2.90. The predicted molar refractivity (Wildman–Crippen MR) is 96.0 cm³/mol. The Kier molecular flexibility index (Phi) is 4.93. The van der Waals surface area contributed by atoms with E-state index in [0.717, 1.165) is 31.7 Å². The van der Waals surface area contributed by atoms with Crippen LogP contribution in [0.4, 0.5) is 23.7 Å². The summed E-state index contributed by atoms with van der Waals surface area (Å²) < 4.78 is 44.8. The van der Waals surface area contributed by atoms with Gasteiger partial charge in [0.15, 0.2) is 5.69 Å². The fraction of sp³-hybridized carbons (Fsp3) is 0.421. The molecule has 10 heteroatoms. The van der Waals surface area contributed by atoms with Crippen molar-refractivity contribution in [2.75, 3.05) is 5.32 Å². The van der Waals surface area contributed by atoms with Crippen molar-refractivity contribution in [2.45, 2.75) is 50.5 Å². The topological polar surface area (TPSA) is 87.5 Å². The molecule has 0 aliphatic heterocycles. The normalized spacial score (nSPS) is 16.4. The number of para-hydroxylation sites is 1. The van der Waals surface area contributed by atoms with Crippen LogP contribution in [0.3, 0.4) is 0 Å². The van der Waals surface area contributed by atoms with Gasteiger partial charge in [0.25, 0.3) is 5.91 Å². The molecule has 0 atom stereocenters. The number of benzene rings is 1. The lowest BCUT2D eigenvalue weighted by atomic mass is 10.1. The molecule has 0 saturated heterocycles. The number of carbonyl (C=O) groups is 2. The predicted octanol–water partition coefficient (Wildman–Crippen LogP) is 3.78. The smallest absolute Gasteiger partial charge is 0.418 e. The summed E-state index contributed by atoms with van der Waals surface area (Å²) in [5, 5.41) is 5.13. The number of halogens is 3. The van der Waals surface area contributed by atoms with E-state index in [9.17, 15) is 22.8 Å². The Hall–Kier alpha value is -3.04.